The molecule has 20 heavy (non-hydrogen) atoms. The van der Waals surface area contributed by atoms with Crippen LogP contribution in [0.15, 0.2) is 29.6 Å². The maximum absolute atomic E-state index is 12.6. The number of nitrogens with zero attached hydrogens (tertiary/aromatic N) is 2. The summed E-state index contributed by atoms with van der Waals surface area (Å²) in [5.41, 5.74) is 3.68. The molecule has 0 unspecified atom stereocenters. The van der Waals surface area contributed by atoms with E-state index in [4.69, 9.17) is 0 Å². The van der Waals surface area contributed by atoms with Crippen LogP contribution in [0.4, 0.5) is 0 Å². The van der Waals surface area contributed by atoms with E-state index < -0.39 is 0 Å². The maximum Gasteiger partial charge on any atom is 0.257 e. The van der Waals surface area contributed by atoms with Crippen molar-refractivity contribution in [3.8, 4) is 0 Å². The molecule has 0 aliphatic carbocycles. The first-order valence-electron chi connectivity index (χ1n) is 6.63. The van der Waals surface area contributed by atoms with Gasteiger partial charge in [-0.3, -0.25) is 4.79 Å². The van der Waals surface area contributed by atoms with E-state index >= 15 is 0 Å². The summed E-state index contributed by atoms with van der Waals surface area (Å²) in [7, 11) is 0. The van der Waals surface area contributed by atoms with E-state index in [1.165, 1.54) is 17.1 Å². The molecule has 0 saturated carbocycles. The monoisotopic (exact) mass is 288 g/mol. The molecule has 3 rings (SSSR count). The summed E-state index contributed by atoms with van der Waals surface area (Å²) in [5.74, 6) is -0.0372. The van der Waals surface area contributed by atoms with E-state index in [0.717, 1.165) is 17.7 Å². The molecule has 1 amide bonds. The number of amides is 1. The van der Waals surface area contributed by atoms with Gasteiger partial charge in [0, 0.05) is 11.9 Å². The highest BCUT2D eigenvalue weighted by Gasteiger charge is 2.31. The Hall–Kier alpha value is -1.72. The molecule has 4 nitrogen and oxygen atoms in total. The predicted molar refractivity (Wildman–Crippen MR) is 77.9 cm³/mol. The Bertz CT molecular complexity index is 638. The van der Waals surface area contributed by atoms with Gasteiger partial charge < -0.3 is 10.0 Å². The number of hydrogen-bond acceptors (Lipinski definition) is 4. The van der Waals surface area contributed by atoms with Crippen molar-refractivity contribution < 1.29 is 9.90 Å². The molecule has 1 atom stereocenters. The lowest BCUT2D eigenvalue weighted by molar-refractivity contribution is 0.0568. The minimum Gasteiger partial charge on any atom is -0.394 e. The van der Waals surface area contributed by atoms with Crippen molar-refractivity contribution in [2.75, 3.05) is 13.2 Å². The zero-order valence-electron chi connectivity index (χ0n) is 11.2. The van der Waals surface area contributed by atoms with E-state index in [9.17, 15) is 9.90 Å². The molecule has 0 radical (unpaired) electrons. The van der Waals surface area contributed by atoms with E-state index in [1.54, 1.807) is 10.3 Å². The van der Waals surface area contributed by atoms with E-state index in [-0.39, 0.29) is 18.6 Å². The number of aliphatic hydroxyl groups is 1. The van der Waals surface area contributed by atoms with Crippen LogP contribution in [0.2, 0.25) is 0 Å². The van der Waals surface area contributed by atoms with Gasteiger partial charge in [0.1, 0.15) is 0 Å². The molecule has 0 saturated heterocycles. The molecule has 1 aliphatic heterocycles. The van der Waals surface area contributed by atoms with E-state index in [1.807, 2.05) is 25.1 Å². The molecule has 1 aliphatic rings. The molecule has 0 spiro atoms. The van der Waals surface area contributed by atoms with E-state index in [2.05, 4.69) is 10.4 Å². The molecular weight excluding hydrogens is 272 g/mol. The van der Waals surface area contributed by atoms with Crippen molar-refractivity contribution >= 4 is 17.4 Å². The molecule has 1 N–H and O–H groups in total. The maximum atomic E-state index is 12.6. The van der Waals surface area contributed by atoms with Crippen LogP contribution in [0, 0.1) is 6.92 Å². The van der Waals surface area contributed by atoms with Crippen LogP contribution in [0.1, 0.15) is 33.2 Å². The van der Waals surface area contributed by atoms with Gasteiger partial charge in [0.25, 0.3) is 5.91 Å². The Labute approximate surface area is 121 Å². The lowest BCUT2D eigenvalue weighted by atomic mass is 9.92. The van der Waals surface area contributed by atoms with E-state index in [0.29, 0.717) is 12.1 Å². The number of benzene rings is 1. The lowest BCUT2D eigenvalue weighted by Gasteiger charge is -2.36. The minimum atomic E-state index is -0.258. The molecule has 2 aromatic rings. The summed E-state index contributed by atoms with van der Waals surface area (Å²) in [6.07, 6.45) is 0.828. The standard InChI is InChI=1S/C15H16N2O2S/c1-10-13(9-20-16-10)15(19)17-7-6-11-4-2-3-5-12(11)14(17)8-18/h2-5,9,14,18H,6-8H2,1H3/t14-/m0/s1. The van der Waals surface area contributed by atoms with Crippen molar-refractivity contribution in [2.45, 2.75) is 19.4 Å². The number of hydrogen-bond donors (Lipinski definition) is 1. The van der Waals surface area contributed by atoms with Crippen molar-refractivity contribution in [1.29, 1.82) is 0 Å². The van der Waals surface area contributed by atoms with Crippen LogP contribution in [0.5, 0.6) is 0 Å². The summed E-state index contributed by atoms with van der Waals surface area (Å²) in [5, 5.41) is 11.5. The molecular formula is C15H16N2O2S. The fourth-order valence-electron chi connectivity index (χ4n) is 2.74. The van der Waals surface area contributed by atoms with Gasteiger partial charge in [0.05, 0.1) is 23.9 Å². The van der Waals surface area contributed by atoms with Gasteiger partial charge in [-0.2, -0.15) is 4.37 Å². The van der Waals surface area contributed by atoms with Crippen molar-refractivity contribution in [3.05, 3.63) is 52.0 Å². The molecule has 0 fully saturated rings. The summed E-state index contributed by atoms with van der Waals surface area (Å²) < 4.78 is 4.16. The van der Waals surface area contributed by atoms with Crippen LogP contribution in [-0.4, -0.2) is 33.4 Å². The lowest BCUT2D eigenvalue weighted by Crippen LogP contribution is -2.41. The Kier molecular flexibility index (Phi) is 3.54. The van der Waals surface area contributed by atoms with Crippen LogP contribution in [0.25, 0.3) is 0 Å². The van der Waals surface area contributed by atoms with Gasteiger partial charge in [-0.25, -0.2) is 0 Å². The summed E-state index contributed by atoms with van der Waals surface area (Å²) in [4.78, 5) is 14.4. The number of carbonyl (C=O) groups is 1. The van der Waals surface area contributed by atoms with Crippen molar-refractivity contribution in [1.82, 2.24) is 9.27 Å². The second-order valence-corrected chi connectivity index (χ2v) is 5.59. The van der Waals surface area contributed by atoms with Gasteiger partial charge in [-0.15, -0.1) is 0 Å². The zero-order valence-corrected chi connectivity index (χ0v) is 12.1. The molecule has 5 heteroatoms. The number of aliphatic hydroxyl groups excluding tert-OH is 1. The quantitative estimate of drug-likeness (QED) is 0.921. The number of aromatic nitrogens is 1. The number of carbonyl (C=O) groups excluding carboxylic acids is 1. The number of fused-ring (bicyclic) bond motifs is 1. The topological polar surface area (TPSA) is 53.4 Å². The highest BCUT2D eigenvalue weighted by Crippen LogP contribution is 2.31. The Morgan fingerprint density at radius 2 is 2.30 bits per heavy atom. The van der Waals surface area contributed by atoms with Gasteiger partial charge in [0.15, 0.2) is 0 Å². The second kappa shape index (κ2) is 5.34. The molecule has 2 heterocycles. The third kappa shape index (κ3) is 2.13. The Balaban J connectivity index is 1.96. The third-order valence-electron chi connectivity index (χ3n) is 3.83. The fraction of sp³-hybridized carbons (Fsp3) is 0.333. The van der Waals surface area contributed by atoms with Gasteiger partial charge in [-0.1, -0.05) is 24.3 Å². The highest BCUT2D eigenvalue weighted by atomic mass is 32.1. The first-order valence-corrected chi connectivity index (χ1v) is 7.46. The smallest absolute Gasteiger partial charge is 0.257 e. The second-order valence-electron chi connectivity index (χ2n) is 4.96. The highest BCUT2D eigenvalue weighted by molar-refractivity contribution is 7.03. The summed E-state index contributed by atoms with van der Waals surface area (Å²) in [6, 6.07) is 7.75. The minimum absolute atomic E-state index is 0.0372. The van der Waals surface area contributed by atoms with Crippen molar-refractivity contribution in [2.24, 2.45) is 0 Å². The Morgan fingerprint density at radius 3 is 3.00 bits per heavy atom. The molecule has 1 aromatic carbocycles. The Morgan fingerprint density at radius 1 is 1.50 bits per heavy atom. The SMILES string of the molecule is Cc1nscc1C(=O)N1CCc2ccccc2[C@@H]1CO. The first kappa shape index (κ1) is 13.3. The third-order valence-corrected chi connectivity index (χ3v) is 4.55. The van der Waals surface area contributed by atoms with Crippen LogP contribution >= 0.6 is 11.5 Å². The summed E-state index contributed by atoms with van der Waals surface area (Å²) in [6.45, 7) is 2.42. The normalized spacial score (nSPS) is 17.9. The van der Waals surface area contributed by atoms with Crippen LogP contribution in [0.3, 0.4) is 0 Å². The number of aryl methyl sites for hydroxylation is 1. The number of rotatable bonds is 2. The van der Waals surface area contributed by atoms with Gasteiger partial charge in [-0.05, 0) is 36.0 Å². The zero-order chi connectivity index (χ0) is 14.1. The summed E-state index contributed by atoms with van der Waals surface area (Å²) >= 11 is 1.29. The average molecular weight is 288 g/mol. The molecule has 104 valence electrons. The van der Waals surface area contributed by atoms with Crippen LogP contribution < -0.4 is 0 Å². The largest absolute Gasteiger partial charge is 0.394 e. The average Bonchev–Trinajstić information content (AvgIpc) is 2.91. The van der Waals surface area contributed by atoms with Crippen LogP contribution in [-0.2, 0) is 6.42 Å². The van der Waals surface area contributed by atoms with Gasteiger partial charge in [0.2, 0.25) is 0 Å². The van der Waals surface area contributed by atoms with Crippen molar-refractivity contribution in [3.63, 3.8) is 0 Å². The molecule has 1 aromatic heterocycles. The van der Waals surface area contributed by atoms with Gasteiger partial charge >= 0.3 is 0 Å². The predicted octanol–water partition coefficient (Wildman–Crippen LogP) is 2.18. The first-order chi connectivity index (χ1) is 9.72. The fourth-order valence-corrected chi connectivity index (χ4v) is 3.43. The molecule has 0 bridgehead atoms.